The molecule has 0 radical (unpaired) electrons. The van der Waals surface area contributed by atoms with Gasteiger partial charge in [0.1, 0.15) is 11.6 Å². The molecule has 1 unspecified atom stereocenters. The summed E-state index contributed by atoms with van der Waals surface area (Å²) in [7, 11) is 1.56. The Kier molecular flexibility index (Phi) is 3.61. The van der Waals surface area contributed by atoms with Crippen LogP contribution in [0.3, 0.4) is 0 Å². The first-order valence-corrected chi connectivity index (χ1v) is 5.27. The summed E-state index contributed by atoms with van der Waals surface area (Å²) >= 11 is 6.29. The van der Waals surface area contributed by atoms with Crippen LogP contribution in [0.25, 0.3) is 0 Å². The number of halogens is 2. The largest absolute Gasteiger partial charge is 0.496 e. The Hall–Kier alpha value is -0.760. The second-order valence-electron chi connectivity index (χ2n) is 4.61. The first-order valence-electron chi connectivity index (χ1n) is 4.83. The van der Waals surface area contributed by atoms with Gasteiger partial charge in [-0.15, -0.1) is 11.6 Å². The van der Waals surface area contributed by atoms with E-state index >= 15 is 0 Å². The number of hydrogen-bond donors (Lipinski definition) is 0. The SMILES string of the molecule is COc1ccc(F)cc1C(Cl)C(C)(C)C. The Balaban J connectivity index is 3.17. The van der Waals surface area contributed by atoms with Crippen molar-refractivity contribution in [1.29, 1.82) is 0 Å². The van der Waals surface area contributed by atoms with E-state index in [1.807, 2.05) is 20.8 Å². The molecule has 0 bridgehead atoms. The third-order valence-corrected chi connectivity index (χ3v) is 3.11. The molecule has 1 nitrogen and oxygen atoms in total. The van der Waals surface area contributed by atoms with Gasteiger partial charge in [0.2, 0.25) is 0 Å². The number of alkyl halides is 1. The van der Waals surface area contributed by atoms with Gasteiger partial charge >= 0.3 is 0 Å². The molecule has 3 heteroatoms. The van der Waals surface area contributed by atoms with Crippen LogP contribution in [-0.4, -0.2) is 7.11 Å². The molecule has 0 aliphatic rings. The van der Waals surface area contributed by atoms with Crippen molar-refractivity contribution >= 4 is 11.6 Å². The molecular weight excluding hydrogens is 215 g/mol. The van der Waals surface area contributed by atoms with Crippen LogP contribution < -0.4 is 4.74 Å². The molecular formula is C12H16ClFO. The average Bonchev–Trinajstić information content (AvgIpc) is 2.15. The summed E-state index contributed by atoms with van der Waals surface area (Å²) in [5.74, 6) is 0.340. The third kappa shape index (κ3) is 2.85. The van der Waals surface area contributed by atoms with E-state index in [9.17, 15) is 4.39 Å². The average molecular weight is 231 g/mol. The van der Waals surface area contributed by atoms with Crippen molar-refractivity contribution < 1.29 is 9.13 Å². The van der Waals surface area contributed by atoms with Gasteiger partial charge in [-0.3, -0.25) is 0 Å². The third-order valence-electron chi connectivity index (χ3n) is 2.23. The normalized spacial score (nSPS) is 13.7. The summed E-state index contributed by atoms with van der Waals surface area (Å²) in [5, 5.41) is -0.275. The highest BCUT2D eigenvalue weighted by Gasteiger charge is 2.26. The molecule has 1 rings (SSSR count). The van der Waals surface area contributed by atoms with Gasteiger partial charge in [0, 0.05) is 5.56 Å². The summed E-state index contributed by atoms with van der Waals surface area (Å²) < 4.78 is 18.3. The van der Waals surface area contributed by atoms with Gasteiger partial charge in [-0.05, 0) is 23.6 Å². The number of ether oxygens (including phenoxy) is 1. The molecule has 84 valence electrons. The highest BCUT2D eigenvalue weighted by Crippen LogP contribution is 2.42. The number of rotatable bonds is 2. The van der Waals surface area contributed by atoms with Gasteiger partial charge in [0.05, 0.1) is 12.5 Å². The van der Waals surface area contributed by atoms with E-state index < -0.39 is 0 Å². The number of hydrogen-bond acceptors (Lipinski definition) is 1. The van der Waals surface area contributed by atoms with Crippen LogP contribution in [0.4, 0.5) is 4.39 Å². The highest BCUT2D eigenvalue weighted by atomic mass is 35.5. The predicted molar refractivity (Wildman–Crippen MR) is 61.0 cm³/mol. The van der Waals surface area contributed by atoms with Crippen molar-refractivity contribution in [3.8, 4) is 5.75 Å². The fourth-order valence-corrected chi connectivity index (χ4v) is 1.54. The molecule has 15 heavy (non-hydrogen) atoms. The van der Waals surface area contributed by atoms with Gasteiger partial charge in [0.25, 0.3) is 0 Å². The fraction of sp³-hybridized carbons (Fsp3) is 0.500. The first-order chi connectivity index (χ1) is 6.86. The maximum atomic E-state index is 13.1. The van der Waals surface area contributed by atoms with Crippen molar-refractivity contribution in [2.45, 2.75) is 26.1 Å². The zero-order valence-electron chi connectivity index (χ0n) is 9.47. The minimum Gasteiger partial charge on any atom is -0.496 e. The standard InChI is InChI=1S/C12H16ClFO/c1-12(2,3)11(13)9-7-8(14)5-6-10(9)15-4/h5-7,11H,1-4H3. The van der Waals surface area contributed by atoms with Gasteiger partial charge in [-0.1, -0.05) is 20.8 Å². The first kappa shape index (κ1) is 12.3. The Morgan fingerprint density at radius 1 is 1.33 bits per heavy atom. The molecule has 1 aromatic rings. The Morgan fingerprint density at radius 3 is 2.40 bits per heavy atom. The van der Waals surface area contributed by atoms with Gasteiger partial charge < -0.3 is 4.74 Å². The lowest BCUT2D eigenvalue weighted by molar-refractivity contribution is 0.368. The van der Waals surface area contributed by atoms with E-state index in [0.717, 1.165) is 0 Å². The molecule has 0 N–H and O–H groups in total. The minimum absolute atomic E-state index is 0.136. The van der Waals surface area contributed by atoms with Crippen LogP contribution in [0.5, 0.6) is 5.75 Å². The van der Waals surface area contributed by atoms with Crippen LogP contribution >= 0.6 is 11.6 Å². The van der Waals surface area contributed by atoms with E-state index in [4.69, 9.17) is 16.3 Å². The number of methoxy groups -OCH3 is 1. The van der Waals surface area contributed by atoms with Gasteiger partial charge in [0.15, 0.2) is 0 Å². The zero-order valence-corrected chi connectivity index (χ0v) is 10.2. The van der Waals surface area contributed by atoms with Gasteiger partial charge in [-0.2, -0.15) is 0 Å². The monoisotopic (exact) mass is 230 g/mol. The van der Waals surface area contributed by atoms with Crippen molar-refractivity contribution in [1.82, 2.24) is 0 Å². The fourth-order valence-electron chi connectivity index (χ4n) is 1.37. The molecule has 0 aromatic heterocycles. The molecule has 1 atom stereocenters. The zero-order chi connectivity index (χ0) is 11.6. The molecule has 0 aliphatic heterocycles. The second kappa shape index (κ2) is 4.40. The van der Waals surface area contributed by atoms with Crippen LogP contribution in [-0.2, 0) is 0 Å². The predicted octanol–water partition coefficient (Wildman–Crippen LogP) is 4.16. The summed E-state index contributed by atoms with van der Waals surface area (Å²) in [6.07, 6.45) is 0. The lowest BCUT2D eigenvalue weighted by atomic mass is 9.87. The maximum Gasteiger partial charge on any atom is 0.123 e. The van der Waals surface area contributed by atoms with Crippen LogP contribution in [0.2, 0.25) is 0 Å². The molecule has 0 saturated carbocycles. The van der Waals surface area contributed by atoms with E-state index in [0.29, 0.717) is 11.3 Å². The molecule has 1 aromatic carbocycles. The Bertz CT molecular complexity index is 344. The molecule has 0 amide bonds. The van der Waals surface area contributed by atoms with E-state index in [1.165, 1.54) is 12.1 Å². The minimum atomic E-state index is -0.291. The van der Waals surface area contributed by atoms with Gasteiger partial charge in [-0.25, -0.2) is 4.39 Å². The number of benzene rings is 1. The maximum absolute atomic E-state index is 13.1. The lowest BCUT2D eigenvalue weighted by Crippen LogP contribution is -2.14. The van der Waals surface area contributed by atoms with Crippen molar-refractivity contribution in [3.05, 3.63) is 29.6 Å². The summed E-state index contributed by atoms with van der Waals surface area (Å²) in [5.41, 5.74) is 0.564. The molecule has 0 fully saturated rings. The summed E-state index contributed by atoms with van der Waals surface area (Å²) in [6, 6.07) is 4.40. The van der Waals surface area contributed by atoms with Crippen LogP contribution in [0.15, 0.2) is 18.2 Å². The molecule has 0 aliphatic carbocycles. The topological polar surface area (TPSA) is 9.23 Å². The highest BCUT2D eigenvalue weighted by molar-refractivity contribution is 6.21. The Morgan fingerprint density at radius 2 is 1.93 bits per heavy atom. The van der Waals surface area contributed by atoms with Crippen LogP contribution in [0.1, 0.15) is 31.7 Å². The molecule has 0 heterocycles. The Labute approximate surface area is 95.2 Å². The quantitative estimate of drug-likeness (QED) is 0.694. The van der Waals surface area contributed by atoms with Crippen LogP contribution in [0, 0.1) is 11.2 Å². The lowest BCUT2D eigenvalue weighted by Gasteiger charge is -2.26. The van der Waals surface area contributed by atoms with Crippen molar-refractivity contribution in [2.24, 2.45) is 5.41 Å². The van der Waals surface area contributed by atoms with E-state index in [2.05, 4.69) is 0 Å². The smallest absolute Gasteiger partial charge is 0.123 e. The molecule has 0 saturated heterocycles. The van der Waals surface area contributed by atoms with Crippen molar-refractivity contribution in [2.75, 3.05) is 7.11 Å². The second-order valence-corrected chi connectivity index (χ2v) is 5.05. The van der Waals surface area contributed by atoms with Crippen molar-refractivity contribution in [3.63, 3.8) is 0 Å². The van der Waals surface area contributed by atoms with E-state index in [1.54, 1.807) is 13.2 Å². The van der Waals surface area contributed by atoms with E-state index in [-0.39, 0.29) is 16.6 Å². The summed E-state index contributed by atoms with van der Waals surface area (Å²) in [6.45, 7) is 6.03. The molecule has 0 spiro atoms. The summed E-state index contributed by atoms with van der Waals surface area (Å²) in [4.78, 5) is 0.